The Bertz CT molecular complexity index is 1090. The molecule has 1 amide bonds. The number of hydrogen-bond acceptors (Lipinski definition) is 5. The summed E-state index contributed by atoms with van der Waals surface area (Å²) in [5.74, 6) is 1.14. The average Bonchev–Trinajstić information content (AvgIpc) is 3.50. The highest BCUT2D eigenvalue weighted by Crippen LogP contribution is 2.32. The fourth-order valence-corrected chi connectivity index (χ4v) is 4.36. The standard InChI is InChI=1S/C23H28N6O/c1-14-4-8-19(9-5-14)29-16(3)20-15(2)25-26-22(21(20)27-29)28-12-10-17(11-13-28)23(30)24-18-6-7-18/h4-5,8-9,17-18H,6-7,10-13H2,1-3H3,(H,24,30). The van der Waals surface area contributed by atoms with Crippen LogP contribution < -0.4 is 10.2 Å². The number of anilines is 1. The molecule has 5 rings (SSSR count). The van der Waals surface area contributed by atoms with Crippen LogP contribution in [0.25, 0.3) is 16.6 Å². The van der Waals surface area contributed by atoms with Gasteiger partial charge in [0.1, 0.15) is 5.52 Å². The minimum atomic E-state index is 0.0996. The molecule has 2 fully saturated rings. The van der Waals surface area contributed by atoms with Gasteiger partial charge in [-0.15, -0.1) is 5.10 Å². The first kappa shape index (κ1) is 19.0. The van der Waals surface area contributed by atoms with Crippen LogP contribution in [0, 0.1) is 26.7 Å². The number of nitrogens with zero attached hydrogens (tertiary/aromatic N) is 5. The van der Waals surface area contributed by atoms with E-state index in [1.807, 2.05) is 11.6 Å². The Labute approximate surface area is 176 Å². The first-order valence-electron chi connectivity index (χ1n) is 10.9. The smallest absolute Gasteiger partial charge is 0.223 e. The lowest BCUT2D eigenvalue weighted by Crippen LogP contribution is -2.41. The Hall–Kier alpha value is -2.96. The number of nitrogens with one attached hydrogen (secondary N) is 1. The molecule has 3 aromatic rings. The fraction of sp³-hybridized carbons (Fsp3) is 0.478. The normalized spacial score (nSPS) is 17.5. The quantitative estimate of drug-likeness (QED) is 0.722. The Morgan fingerprint density at radius 3 is 2.37 bits per heavy atom. The highest BCUT2D eigenvalue weighted by molar-refractivity contribution is 5.92. The maximum absolute atomic E-state index is 12.4. The van der Waals surface area contributed by atoms with Gasteiger partial charge in [0.25, 0.3) is 0 Å². The molecule has 7 heteroatoms. The van der Waals surface area contributed by atoms with E-state index in [1.54, 1.807) is 0 Å². The van der Waals surface area contributed by atoms with Crippen molar-refractivity contribution in [1.29, 1.82) is 0 Å². The second kappa shape index (κ2) is 7.38. The summed E-state index contributed by atoms with van der Waals surface area (Å²) >= 11 is 0. The van der Waals surface area contributed by atoms with E-state index in [2.05, 4.69) is 58.5 Å². The summed E-state index contributed by atoms with van der Waals surface area (Å²) in [6.45, 7) is 7.75. The third kappa shape index (κ3) is 3.42. The highest BCUT2D eigenvalue weighted by atomic mass is 16.2. The minimum Gasteiger partial charge on any atom is -0.353 e. The summed E-state index contributed by atoms with van der Waals surface area (Å²) in [5.41, 5.74) is 5.11. The van der Waals surface area contributed by atoms with Crippen LogP contribution in [0.2, 0.25) is 0 Å². The molecule has 1 saturated heterocycles. The summed E-state index contributed by atoms with van der Waals surface area (Å²) < 4.78 is 1.99. The van der Waals surface area contributed by atoms with Crippen molar-refractivity contribution in [3.63, 3.8) is 0 Å². The Morgan fingerprint density at radius 2 is 1.70 bits per heavy atom. The number of piperidine rings is 1. The molecule has 0 atom stereocenters. The van der Waals surface area contributed by atoms with Crippen molar-refractivity contribution in [1.82, 2.24) is 25.3 Å². The first-order valence-corrected chi connectivity index (χ1v) is 10.9. The predicted molar refractivity (Wildman–Crippen MR) is 117 cm³/mol. The van der Waals surface area contributed by atoms with Gasteiger partial charge in [-0.05, 0) is 58.6 Å². The van der Waals surface area contributed by atoms with Gasteiger partial charge in [0.2, 0.25) is 5.91 Å². The van der Waals surface area contributed by atoms with Gasteiger partial charge in [-0.1, -0.05) is 17.7 Å². The van der Waals surface area contributed by atoms with Gasteiger partial charge in [-0.2, -0.15) is 10.2 Å². The van der Waals surface area contributed by atoms with E-state index in [0.29, 0.717) is 6.04 Å². The van der Waals surface area contributed by atoms with Crippen LogP contribution in [0.15, 0.2) is 24.3 Å². The van der Waals surface area contributed by atoms with Crippen LogP contribution in [0.5, 0.6) is 0 Å². The molecular weight excluding hydrogens is 376 g/mol. The largest absolute Gasteiger partial charge is 0.353 e. The molecule has 1 N–H and O–H groups in total. The average molecular weight is 405 g/mol. The van der Waals surface area contributed by atoms with Gasteiger partial charge in [0.05, 0.1) is 22.5 Å². The molecule has 7 nitrogen and oxygen atoms in total. The Balaban J connectivity index is 1.44. The number of hydrogen-bond donors (Lipinski definition) is 1. The van der Waals surface area contributed by atoms with Crippen molar-refractivity contribution in [2.24, 2.45) is 5.92 Å². The molecule has 1 saturated carbocycles. The highest BCUT2D eigenvalue weighted by Gasteiger charge is 2.31. The van der Waals surface area contributed by atoms with Crippen molar-refractivity contribution in [3.05, 3.63) is 41.2 Å². The first-order chi connectivity index (χ1) is 14.5. The van der Waals surface area contributed by atoms with Crippen molar-refractivity contribution >= 4 is 22.6 Å². The molecule has 3 heterocycles. The number of aryl methyl sites for hydroxylation is 3. The molecule has 156 valence electrons. The zero-order valence-corrected chi connectivity index (χ0v) is 17.9. The molecule has 0 radical (unpaired) electrons. The Kier molecular flexibility index (Phi) is 4.68. The van der Waals surface area contributed by atoms with E-state index >= 15 is 0 Å². The van der Waals surface area contributed by atoms with Gasteiger partial charge < -0.3 is 10.2 Å². The summed E-state index contributed by atoms with van der Waals surface area (Å²) in [6.07, 6.45) is 3.94. The third-order valence-corrected chi connectivity index (χ3v) is 6.35. The molecule has 2 aliphatic rings. The van der Waals surface area contributed by atoms with Crippen molar-refractivity contribution in [3.8, 4) is 5.69 Å². The number of aromatic nitrogens is 4. The lowest BCUT2D eigenvalue weighted by atomic mass is 9.95. The van der Waals surface area contributed by atoms with E-state index in [-0.39, 0.29) is 11.8 Å². The third-order valence-electron chi connectivity index (χ3n) is 6.35. The number of rotatable bonds is 4. The topological polar surface area (TPSA) is 75.9 Å². The number of benzene rings is 1. The van der Waals surface area contributed by atoms with Crippen LogP contribution in [0.1, 0.15) is 42.6 Å². The molecular formula is C23H28N6O. The van der Waals surface area contributed by atoms with E-state index in [4.69, 9.17) is 5.10 Å². The number of amides is 1. The van der Waals surface area contributed by atoms with Crippen LogP contribution >= 0.6 is 0 Å². The predicted octanol–water partition coefficient (Wildman–Crippen LogP) is 3.24. The lowest BCUT2D eigenvalue weighted by Gasteiger charge is -2.32. The molecule has 2 aromatic heterocycles. The second-order valence-corrected chi connectivity index (χ2v) is 8.71. The summed E-state index contributed by atoms with van der Waals surface area (Å²) in [5, 5.41) is 18.1. The Morgan fingerprint density at radius 1 is 1.00 bits per heavy atom. The van der Waals surface area contributed by atoms with E-state index < -0.39 is 0 Å². The fourth-order valence-electron chi connectivity index (χ4n) is 4.36. The number of fused-ring (bicyclic) bond motifs is 1. The molecule has 1 aliphatic carbocycles. The van der Waals surface area contributed by atoms with Crippen molar-refractivity contribution in [2.75, 3.05) is 18.0 Å². The van der Waals surface area contributed by atoms with E-state index in [9.17, 15) is 4.79 Å². The number of carbonyl (C=O) groups excluding carboxylic acids is 1. The molecule has 30 heavy (non-hydrogen) atoms. The zero-order valence-electron chi connectivity index (χ0n) is 17.9. The molecule has 1 aliphatic heterocycles. The summed E-state index contributed by atoms with van der Waals surface area (Å²) in [7, 11) is 0. The monoisotopic (exact) mass is 404 g/mol. The van der Waals surface area contributed by atoms with Gasteiger partial charge in [-0.3, -0.25) is 4.79 Å². The summed E-state index contributed by atoms with van der Waals surface area (Å²) in [6, 6.07) is 8.81. The summed E-state index contributed by atoms with van der Waals surface area (Å²) in [4.78, 5) is 14.6. The second-order valence-electron chi connectivity index (χ2n) is 8.71. The van der Waals surface area contributed by atoms with Crippen LogP contribution in [-0.4, -0.2) is 45.0 Å². The molecule has 0 bridgehead atoms. The van der Waals surface area contributed by atoms with Crippen LogP contribution in [-0.2, 0) is 4.79 Å². The SMILES string of the molecule is Cc1ccc(-n2nc3c(N4CCC(C(=O)NC5CC5)CC4)nnc(C)c3c2C)cc1. The van der Waals surface area contributed by atoms with Gasteiger partial charge in [0.15, 0.2) is 5.82 Å². The minimum absolute atomic E-state index is 0.0996. The maximum Gasteiger partial charge on any atom is 0.223 e. The van der Waals surface area contributed by atoms with Crippen molar-refractivity contribution < 1.29 is 4.79 Å². The van der Waals surface area contributed by atoms with Crippen LogP contribution in [0.3, 0.4) is 0 Å². The van der Waals surface area contributed by atoms with Crippen molar-refractivity contribution in [2.45, 2.75) is 52.5 Å². The van der Waals surface area contributed by atoms with Gasteiger partial charge in [0, 0.05) is 25.0 Å². The molecule has 0 spiro atoms. The van der Waals surface area contributed by atoms with E-state index in [1.165, 1.54) is 5.56 Å². The van der Waals surface area contributed by atoms with Gasteiger partial charge >= 0.3 is 0 Å². The van der Waals surface area contributed by atoms with E-state index in [0.717, 1.165) is 72.6 Å². The molecule has 0 unspecified atom stereocenters. The lowest BCUT2D eigenvalue weighted by molar-refractivity contribution is -0.125. The van der Waals surface area contributed by atoms with Gasteiger partial charge in [-0.25, -0.2) is 4.68 Å². The zero-order chi connectivity index (χ0) is 20.8. The maximum atomic E-state index is 12.4. The number of carbonyl (C=O) groups is 1. The van der Waals surface area contributed by atoms with Crippen LogP contribution in [0.4, 0.5) is 5.82 Å². The molecule has 1 aromatic carbocycles.